The molecule has 0 aliphatic rings. The number of carbonyl (C=O) groups is 1. The standard InChI is InChI=1S/C14H19NO2/c1-11(2)4-9-14(16)17-15-10-13-7-5-12(3)6-8-13/h5-8,10-11H,4,9H2,1-3H3/b15-10+. The number of hydrogen-bond acceptors (Lipinski definition) is 3. The normalized spacial score (nSPS) is 11.1. The summed E-state index contributed by atoms with van der Waals surface area (Å²) in [6.45, 7) is 6.17. The molecule has 0 saturated carbocycles. The highest BCUT2D eigenvalue weighted by atomic mass is 16.7. The smallest absolute Gasteiger partial charge is 0.318 e. The summed E-state index contributed by atoms with van der Waals surface area (Å²) in [5.74, 6) is 0.227. The van der Waals surface area contributed by atoms with Crippen LogP contribution in [0.25, 0.3) is 0 Å². The largest absolute Gasteiger partial charge is 0.335 e. The van der Waals surface area contributed by atoms with E-state index in [1.807, 2.05) is 31.2 Å². The molecule has 0 aliphatic heterocycles. The van der Waals surface area contributed by atoms with Crippen LogP contribution < -0.4 is 0 Å². The predicted molar refractivity (Wildman–Crippen MR) is 68.9 cm³/mol. The van der Waals surface area contributed by atoms with E-state index in [0.29, 0.717) is 12.3 Å². The number of nitrogens with zero attached hydrogens (tertiary/aromatic N) is 1. The van der Waals surface area contributed by atoms with Gasteiger partial charge in [-0.05, 0) is 24.8 Å². The molecule has 1 aromatic rings. The average Bonchev–Trinajstić information content (AvgIpc) is 2.29. The number of oxime groups is 1. The predicted octanol–water partition coefficient (Wildman–Crippen LogP) is 3.31. The van der Waals surface area contributed by atoms with Crippen molar-refractivity contribution in [3.63, 3.8) is 0 Å². The quantitative estimate of drug-likeness (QED) is 0.444. The molecule has 3 nitrogen and oxygen atoms in total. The highest BCUT2D eigenvalue weighted by Gasteiger charge is 2.03. The minimum atomic E-state index is -0.276. The molecule has 0 bridgehead atoms. The summed E-state index contributed by atoms with van der Waals surface area (Å²) in [5.41, 5.74) is 2.11. The van der Waals surface area contributed by atoms with Crippen LogP contribution in [0.1, 0.15) is 37.8 Å². The van der Waals surface area contributed by atoms with Crippen molar-refractivity contribution in [2.75, 3.05) is 0 Å². The Morgan fingerprint density at radius 2 is 2.00 bits per heavy atom. The first-order chi connectivity index (χ1) is 8.08. The van der Waals surface area contributed by atoms with Crippen LogP contribution in [0.15, 0.2) is 29.4 Å². The molecule has 17 heavy (non-hydrogen) atoms. The molecule has 3 heteroatoms. The molecule has 1 aromatic carbocycles. The van der Waals surface area contributed by atoms with Gasteiger partial charge in [-0.1, -0.05) is 48.8 Å². The Kier molecular flexibility index (Phi) is 5.40. The Morgan fingerprint density at radius 1 is 1.35 bits per heavy atom. The van der Waals surface area contributed by atoms with Crippen molar-refractivity contribution >= 4 is 12.2 Å². The summed E-state index contributed by atoms with van der Waals surface area (Å²) in [5, 5.41) is 3.67. The van der Waals surface area contributed by atoms with Gasteiger partial charge in [0.1, 0.15) is 0 Å². The Bertz CT molecular complexity index is 380. The van der Waals surface area contributed by atoms with Crippen LogP contribution >= 0.6 is 0 Å². The van der Waals surface area contributed by atoms with E-state index in [1.165, 1.54) is 5.56 Å². The van der Waals surface area contributed by atoms with Gasteiger partial charge in [0.2, 0.25) is 0 Å². The van der Waals surface area contributed by atoms with E-state index >= 15 is 0 Å². The first kappa shape index (κ1) is 13.4. The zero-order chi connectivity index (χ0) is 12.7. The fourth-order valence-corrected chi connectivity index (χ4v) is 1.25. The van der Waals surface area contributed by atoms with Gasteiger partial charge in [-0.3, -0.25) is 0 Å². The highest BCUT2D eigenvalue weighted by molar-refractivity contribution is 5.80. The molecule has 0 fully saturated rings. The lowest BCUT2D eigenvalue weighted by atomic mass is 10.1. The number of benzene rings is 1. The molecule has 0 N–H and O–H groups in total. The van der Waals surface area contributed by atoms with Gasteiger partial charge in [-0.2, -0.15) is 0 Å². The van der Waals surface area contributed by atoms with Crippen molar-refractivity contribution in [3.05, 3.63) is 35.4 Å². The van der Waals surface area contributed by atoms with Crippen molar-refractivity contribution in [2.24, 2.45) is 11.1 Å². The Labute approximate surface area is 102 Å². The van der Waals surface area contributed by atoms with Crippen LogP contribution in [-0.4, -0.2) is 12.2 Å². The summed E-state index contributed by atoms with van der Waals surface area (Å²) >= 11 is 0. The van der Waals surface area contributed by atoms with E-state index in [-0.39, 0.29) is 5.97 Å². The zero-order valence-electron chi connectivity index (χ0n) is 10.6. The lowest BCUT2D eigenvalue weighted by Crippen LogP contribution is -2.02. The Hall–Kier alpha value is -1.64. The first-order valence-corrected chi connectivity index (χ1v) is 5.88. The summed E-state index contributed by atoms with van der Waals surface area (Å²) in [6, 6.07) is 7.84. The number of rotatable bonds is 5. The third-order valence-electron chi connectivity index (χ3n) is 2.36. The van der Waals surface area contributed by atoms with E-state index in [2.05, 4.69) is 19.0 Å². The van der Waals surface area contributed by atoms with Gasteiger partial charge < -0.3 is 4.84 Å². The molecule has 0 spiro atoms. The number of carbonyl (C=O) groups excluding carboxylic acids is 1. The average molecular weight is 233 g/mol. The van der Waals surface area contributed by atoms with Gasteiger partial charge in [-0.15, -0.1) is 0 Å². The van der Waals surface area contributed by atoms with Gasteiger partial charge in [0.25, 0.3) is 0 Å². The fourth-order valence-electron chi connectivity index (χ4n) is 1.25. The maximum Gasteiger partial charge on any atom is 0.335 e. The molecule has 0 aromatic heterocycles. The molecule has 0 saturated heterocycles. The second-order valence-corrected chi connectivity index (χ2v) is 4.54. The van der Waals surface area contributed by atoms with Crippen molar-refractivity contribution in [1.29, 1.82) is 0 Å². The number of aryl methyl sites for hydroxylation is 1. The summed E-state index contributed by atoms with van der Waals surface area (Å²) in [4.78, 5) is 16.0. The van der Waals surface area contributed by atoms with Crippen LogP contribution in [0.5, 0.6) is 0 Å². The van der Waals surface area contributed by atoms with E-state index < -0.39 is 0 Å². The molecule has 0 unspecified atom stereocenters. The van der Waals surface area contributed by atoms with Gasteiger partial charge in [0.15, 0.2) is 0 Å². The Balaban J connectivity index is 2.34. The molecule has 0 radical (unpaired) electrons. The third-order valence-corrected chi connectivity index (χ3v) is 2.36. The van der Waals surface area contributed by atoms with Crippen LogP contribution in [0.4, 0.5) is 0 Å². The van der Waals surface area contributed by atoms with Crippen molar-refractivity contribution in [3.8, 4) is 0 Å². The minimum absolute atomic E-state index is 0.276. The monoisotopic (exact) mass is 233 g/mol. The van der Waals surface area contributed by atoms with Crippen LogP contribution in [0.2, 0.25) is 0 Å². The maximum absolute atomic E-state index is 11.3. The lowest BCUT2D eigenvalue weighted by molar-refractivity contribution is -0.143. The SMILES string of the molecule is Cc1ccc(/C=N/OC(=O)CCC(C)C)cc1. The molecule has 92 valence electrons. The number of hydrogen-bond donors (Lipinski definition) is 0. The first-order valence-electron chi connectivity index (χ1n) is 5.88. The maximum atomic E-state index is 11.3. The second kappa shape index (κ2) is 6.84. The van der Waals surface area contributed by atoms with Crippen LogP contribution in [0, 0.1) is 12.8 Å². The lowest BCUT2D eigenvalue weighted by Gasteiger charge is -2.01. The molecule has 1 rings (SSSR count). The third kappa shape index (κ3) is 5.85. The fraction of sp³-hybridized carbons (Fsp3) is 0.429. The summed E-state index contributed by atoms with van der Waals surface area (Å²) < 4.78 is 0. The van der Waals surface area contributed by atoms with Crippen molar-refractivity contribution in [1.82, 2.24) is 0 Å². The molecule has 0 aliphatic carbocycles. The van der Waals surface area contributed by atoms with Gasteiger partial charge >= 0.3 is 5.97 Å². The van der Waals surface area contributed by atoms with Gasteiger partial charge in [0.05, 0.1) is 6.21 Å². The summed E-state index contributed by atoms with van der Waals surface area (Å²) in [7, 11) is 0. The minimum Gasteiger partial charge on any atom is -0.318 e. The highest BCUT2D eigenvalue weighted by Crippen LogP contribution is 2.05. The van der Waals surface area contributed by atoms with Crippen molar-refractivity contribution < 1.29 is 9.63 Å². The van der Waals surface area contributed by atoms with Crippen LogP contribution in [-0.2, 0) is 9.63 Å². The summed E-state index contributed by atoms with van der Waals surface area (Å²) in [6.07, 6.45) is 2.80. The van der Waals surface area contributed by atoms with E-state index in [9.17, 15) is 4.79 Å². The molecule has 0 atom stereocenters. The topological polar surface area (TPSA) is 38.7 Å². The molecular formula is C14H19NO2. The van der Waals surface area contributed by atoms with Gasteiger partial charge in [-0.25, -0.2) is 4.79 Å². The molecular weight excluding hydrogens is 214 g/mol. The van der Waals surface area contributed by atoms with Crippen LogP contribution in [0.3, 0.4) is 0 Å². The second-order valence-electron chi connectivity index (χ2n) is 4.54. The zero-order valence-corrected chi connectivity index (χ0v) is 10.6. The van der Waals surface area contributed by atoms with E-state index in [1.54, 1.807) is 6.21 Å². The molecule has 0 amide bonds. The molecule has 0 heterocycles. The van der Waals surface area contributed by atoms with Crippen molar-refractivity contribution in [2.45, 2.75) is 33.6 Å². The van der Waals surface area contributed by atoms with E-state index in [4.69, 9.17) is 4.84 Å². The van der Waals surface area contributed by atoms with Gasteiger partial charge in [0, 0.05) is 6.42 Å². The van der Waals surface area contributed by atoms with E-state index in [0.717, 1.165) is 12.0 Å². The Morgan fingerprint density at radius 3 is 2.59 bits per heavy atom.